The number of aromatic nitrogens is 3. The zero-order valence-corrected chi connectivity index (χ0v) is 13.1. The number of fused-ring (bicyclic) bond motifs is 1. The molecule has 10 heteroatoms. The summed E-state index contributed by atoms with van der Waals surface area (Å²) in [4.78, 5) is 18.0. The molecule has 0 saturated heterocycles. The lowest BCUT2D eigenvalue weighted by Gasteiger charge is -2.34. The molecule has 2 aromatic rings. The molecule has 0 aromatic carbocycles. The van der Waals surface area contributed by atoms with Crippen molar-refractivity contribution >= 4 is 17.0 Å². The van der Waals surface area contributed by atoms with Gasteiger partial charge in [0.1, 0.15) is 17.6 Å². The van der Waals surface area contributed by atoms with Crippen molar-refractivity contribution in [2.75, 3.05) is 19.5 Å². The molecule has 3 atom stereocenters. The first-order valence-corrected chi connectivity index (χ1v) is 6.91. The molecule has 0 amide bonds. The van der Waals surface area contributed by atoms with E-state index >= 15 is 0 Å². The van der Waals surface area contributed by atoms with Crippen molar-refractivity contribution in [2.24, 2.45) is 5.73 Å². The maximum absolute atomic E-state index is 14.2. The summed E-state index contributed by atoms with van der Waals surface area (Å²) >= 11 is 0. The van der Waals surface area contributed by atoms with Crippen molar-refractivity contribution in [3.8, 4) is 11.8 Å². The van der Waals surface area contributed by atoms with Gasteiger partial charge in [-0.3, -0.25) is 20.1 Å². The first kappa shape index (κ1) is 17.9. The number of aliphatic hydroxyl groups excluding tert-OH is 2. The first-order valence-electron chi connectivity index (χ1n) is 6.91. The standard InChI is InChI=1S/C14H18FN5O4/c1-3-4-14(17,10(22)8(6-21)24-2)20-5-7(15)9-11(20)18-13(16)19-12(9)23/h5,8,10,21-22H,6,17H2,1-2H3,(H3,16,18,19,23)/t8?,10?,14-/m0/s1. The molecule has 0 bridgehead atoms. The number of rotatable bonds is 5. The molecule has 0 aliphatic heterocycles. The van der Waals surface area contributed by atoms with Crippen molar-refractivity contribution in [3.63, 3.8) is 0 Å². The van der Waals surface area contributed by atoms with Crippen LogP contribution in [-0.4, -0.2) is 50.7 Å². The number of aromatic amines is 1. The number of ether oxygens (including phenoxy) is 1. The average molecular weight is 339 g/mol. The Labute approximate surface area is 136 Å². The Morgan fingerprint density at radius 2 is 2.29 bits per heavy atom. The van der Waals surface area contributed by atoms with E-state index in [4.69, 9.17) is 16.2 Å². The van der Waals surface area contributed by atoms with Crippen LogP contribution in [0.2, 0.25) is 0 Å². The number of nitrogens with two attached hydrogens (primary N) is 2. The van der Waals surface area contributed by atoms with Gasteiger partial charge in [-0.1, -0.05) is 5.92 Å². The van der Waals surface area contributed by atoms with Gasteiger partial charge in [-0.25, -0.2) is 4.39 Å². The molecule has 130 valence electrons. The van der Waals surface area contributed by atoms with Gasteiger partial charge in [-0.2, -0.15) is 4.98 Å². The van der Waals surface area contributed by atoms with Crippen LogP contribution in [0.5, 0.6) is 0 Å². The molecule has 2 rings (SSSR count). The smallest absolute Gasteiger partial charge is 0.264 e. The fraction of sp³-hybridized carbons (Fsp3) is 0.429. The van der Waals surface area contributed by atoms with Crippen LogP contribution in [0.3, 0.4) is 0 Å². The first-order chi connectivity index (χ1) is 11.3. The van der Waals surface area contributed by atoms with Crippen LogP contribution < -0.4 is 17.0 Å². The highest BCUT2D eigenvalue weighted by atomic mass is 19.1. The number of methoxy groups -OCH3 is 1. The topological polar surface area (TPSA) is 152 Å². The van der Waals surface area contributed by atoms with E-state index in [9.17, 15) is 19.4 Å². The van der Waals surface area contributed by atoms with Crippen molar-refractivity contribution in [1.29, 1.82) is 0 Å². The summed E-state index contributed by atoms with van der Waals surface area (Å²) in [5, 5.41) is 19.5. The molecule has 2 heterocycles. The lowest BCUT2D eigenvalue weighted by Crippen LogP contribution is -2.57. The Morgan fingerprint density at radius 1 is 1.62 bits per heavy atom. The predicted molar refractivity (Wildman–Crippen MR) is 84.2 cm³/mol. The van der Waals surface area contributed by atoms with Crippen LogP contribution >= 0.6 is 0 Å². The van der Waals surface area contributed by atoms with E-state index in [0.717, 1.165) is 10.8 Å². The maximum Gasteiger partial charge on any atom is 0.264 e. The Hall–Kier alpha value is -2.45. The number of nitrogen functional groups attached to an aromatic ring is 1. The van der Waals surface area contributed by atoms with Crippen molar-refractivity contribution in [3.05, 3.63) is 22.4 Å². The third-order valence-corrected chi connectivity index (χ3v) is 3.64. The van der Waals surface area contributed by atoms with Gasteiger partial charge in [0.05, 0.1) is 6.61 Å². The van der Waals surface area contributed by atoms with Gasteiger partial charge < -0.3 is 20.7 Å². The van der Waals surface area contributed by atoms with Gasteiger partial charge in [-0.05, 0) is 6.92 Å². The summed E-state index contributed by atoms with van der Waals surface area (Å²) in [5.41, 5.74) is 8.79. The molecule has 0 aliphatic rings. The largest absolute Gasteiger partial charge is 0.394 e. The Bertz CT molecular complexity index is 864. The highest BCUT2D eigenvalue weighted by Gasteiger charge is 2.41. The van der Waals surface area contributed by atoms with Crippen LogP contribution in [0, 0.1) is 17.7 Å². The predicted octanol–water partition coefficient (Wildman–Crippen LogP) is -1.55. The minimum Gasteiger partial charge on any atom is -0.394 e. The second-order valence-corrected chi connectivity index (χ2v) is 5.10. The number of halogens is 1. The van der Waals surface area contributed by atoms with E-state index in [1.54, 1.807) is 0 Å². The summed E-state index contributed by atoms with van der Waals surface area (Å²) in [7, 11) is 1.26. The summed E-state index contributed by atoms with van der Waals surface area (Å²) in [5.74, 6) is 3.93. The quantitative estimate of drug-likeness (QED) is 0.413. The highest BCUT2D eigenvalue weighted by molar-refractivity contribution is 5.77. The van der Waals surface area contributed by atoms with Gasteiger partial charge in [0.2, 0.25) is 5.95 Å². The zero-order chi connectivity index (χ0) is 18.1. The van der Waals surface area contributed by atoms with E-state index in [0.29, 0.717) is 0 Å². The van der Waals surface area contributed by atoms with Crippen LogP contribution in [0.1, 0.15) is 6.92 Å². The SMILES string of the molecule is CC#C[C@@](N)(C(O)C(CO)OC)n1cc(F)c2c(=O)[nH]c(N)nc21. The lowest BCUT2D eigenvalue weighted by molar-refractivity contribution is -0.0770. The van der Waals surface area contributed by atoms with Gasteiger partial charge in [0.15, 0.2) is 17.1 Å². The van der Waals surface area contributed by atoms with Gasteiger partial charge in [-0.15, -0.1) is 5.92 Å². The monoisotopic (exact) mass is 339 g/mol. The Morgan fingerprint density at radius 3 is 2.83 bits per heavy atom. The molecule has 2 aromatic heterocycles. The number of nitrogens with one attached hydrogen (secondary N) is 1. The molecule has 9 nitrogen and oxygen atoms in total. The molecule has 0 spiro atoms. The average Bonchev–Trinajstić information content (AvgIpc) is 2.86. The molecule has 2 unspecified atom stereocenters. The summed E-state index contributed by atoms with van der Waals surface area (Å²) in [6.45, 7) is 0.908. The Balaban J connectivity index is 2.79. The second kappa shape index (κ2) is 6.58. The molecule has 0 fully saturated rings. The molecular weight excluding hydrogens is 321 g/mol. The third-order valence-electron chi connectivity index (χ3n) is 3.64. The Kier molecular flexibility index (Phi) is 4.91. The van der Waals surface area contributed by atoms with Crippen molar-refractivity contribution in [2.45, 2.75) is 24.8 Å². The van der Waals surface area contributed by atoms with Crippen LogP contribution in [0.25, 0.3) is 11.0 Å². The molecule has 0 radical (unpaired) electrons. The minimum absolute atomic E-state index is 0.189. The minimum atomic E-state index is -1.92. The van der Waals surface area contributed by atoms with E-state index in [2.05, 4.69) is 21.8 Å². The molecule has 0 aliphatic carbocycles. The van der Waals surface area contributed by atoms with Crippen LogP contribution in [0.15, 0.2) is 11.0 Å². The third kappa shape index (κ3) is 2.74. The highest BCUT2D eigenvalue weighted by Crippen LogP contribution is 2.25. The fourth-order valence-corrected chi connectivity index (χ4v) is 2.45. The number of hydrogen-bond donors (Lipinski definition) is 5. The number of nitrogens with zero attached hydrogens (tertiary/aromatic N) is 2. The number of aliphatic hydroxyl groups is 2. The van der Waals surface area contributed by atoms with Gasteiger partial charge >= 0.3 is 0 Å². The summed E-state index contributed by atoms with van der Waals surface area (Å²) in [6, 6.07) is 0. The summed E-state index contributed by atoms with van der Waals surface area (Å²) < 4.78 is 20.2. The number of H-pyrrole nitrogens is 1. The molecule has 7 N–H and O–H groups in total. The van der Waals surface area contributed by atoms with E-state index in [1.807, 2.05) is 0 Å². The fourth-order valence-electron chi connectivity index (χ4n) is 2.45. The number of hydrogen-bond acceptors (Lipinski definition) is 7. The van der Waals surface area contributed by atoms with Gasteiger partial charge in [0, 0.05) is 13.3 Å². The van der Waals surface area contributed by atoms with Crippen molar-refractivity contribution < 1.29 is 19.3 Å². The van der Waals surface area contributed by atoms with Crippen molar-refractivity contribution in [1.82, 2.24) is 14.5 Å². The summed E-state index contributed by atoms with van der Waals surface area (Å²) in [6.07, 6.45) is -1.77. The normalized spacial score (nSPS) is 16.2. The molecule has 0 saturated carbocycles. The van der Waals surface area contributed by atoms with E-state index < -0.39 is 35.9 Å². The maximum atomic E-state index is 14.2. The van der Waals surface area contributed by atoms with E-state index in [-0.39, 0.29) is 17.0 Å². The second-order valence-electron chi connectivity index (χ2n) is 5.10. The van der Waals surface area contributed by atoms with E-state index in [1.165, 1.54) is 14.0 Å². The van der Waals surface area contributed by atoms with Crippen LogP contribution in [-0.2, 0) is 10.4 Å². The van der Waals surface area contributed by atoms with Crippen LogP contribution in [0.4, 0.5) is 10.3 Å². The lowest BCUT2D eigenvalue weighted by atomic mass is 9.99. The molecule has 24 heavy (non-hydrogen) atoms. The molecular formula is C14H18FN5O4. The zero-order valence-electron chi connectivity index (χ0n) is 13.1. The number of anilines is 1. The van der Waals surface area contributed by atoms with Gasteiger partial charge in [0.25, 0.3) is 5.56 Å².